The van der Waals surface area contributed by atoms with Crippen molar-refractivity contribution in [3.8, 4) is 0 Å². The maximum Gasteiger partial charge on any atom is 0.0218 e. The molecule has 0 aromatic carbocycles. The van der Waals surface area contributed by atoms with E-state index in [-0.39, 0.29) is 0 Å². The van der Waals surface area contributed by atoms with Gasteiger partial charge in [0.25, 0.3) is 0 Å². The molecule has 16 heavy (non-hydrogen) atoms. The van der Waals surface area contributed by atoms with E-state index in [1.54, 1.807) is 0 Å². The molecule has 0 aromatic heterocycles. The van der Waals surface area contributed by atoms with Crippen LogP contribution in [0, 0.1) is 0 Å². The average molecular weight is 226 g/mol. The Kier molecular flexibility index (Phi) is 7.87. The maximum atomic E-state index is 5.82. The number of piperidine rings is 1. The normalized spacial score (nSPS) is 22.5. The smallest absolute Gasteiger partial charge is 0.0218 e. The number of hydrogen-bond acceptors (Lipinski definition) is 2. The van der Waals surface area contributed by atoms with Gasteiger partial charge in [0, 0.05) is 12.6 Å². The summed E-state index contributed by atoms with van der Waals surface area (Å²) in [5, 5.41) is 0. The molecule has 1 aliphatic rings. The van der Waals surface area contributed by atoms with Gasteiger partial charge < -0.3 is 5.73 Å². The fourth-order valence-corrected chi connectivity index (χ4v) is 2.72. The van der Waals surface area contributed by atoms with Gasteiger partial charge in [0.05, 0.1) is 0 Å². The lowest BCUT2D eigenvalue weighted by atomic mass is 10.0. The molecule has 0 aromatic rings. The van der Waals surface area contributed by atoms with Crippen LogP contribution in [0.3, 0.4) is 0 Å². The van der Waals surface area contributed by atoms with Gasteiger partial charge >= 0.3 is 0 Å². The van der Waals surface area contributed by atoms with Crippen LogP contribution in [0.5, 0.6) is 0 Å². The van der Waals surface area contributed by atoms with E-state index in [9.17, 15) is 0 Å². The van der Waals surface area contributed by atoms with Crippen molar-refractivity contribution in [3.63, 3.8) is 0 Å². The molecular formula is C14H30N2. The lowest BCUT2D eigenvalue weighted by Gasteiger charge is -2.34. The zero-order chi connectivity index (χ0) is 11.6. The summed E-state index contributed by atoms with van der Waals surface area (Å²) in [6.45, 7) is 5.71. The molecule has 1 aliphatic heterocycles. The number of hydrogen-bond donors (Lipinski definition) is 1. The Balaban J connectivity index is 2.02. The zero-order valence-electron chi connectivity index (χ0n) is 11.1. The molecular weight excluding hydrogens is 196 g/mol. The van der Waals surface area contributed by atoms with E-state index >= 15 is 0 Å². The predicted molar refractivity (Wildman–Crippen MR) is 71.6 cm³/mol. The second kappa shape index (κ2) is 9.00. The van der Waals surface area contributed by atoms with Gasteiger partial charge in [-0.25, -0.2) is 0 Å². The maximum absolute atomic E-state index is 5.82. The van der Waals surface area contributed by atoms with Crippen LogP contribution in [0.1, 0.15) is 64.7 Å². The highest BCUT2D eigenvalue weighted by atomic mass is 15.2. The highest BCUT2D eigenvalue weighted by Crippen LogP contribution is 2.17. The molecule has 2 N–H and O–H groups in total. The molecule has 0 aliphatic carbocycles. The molecule has 1 fully saturated rings. The van der Waals surface area contributed by atoms with Gasteiger partial charge in [-0.15, -0.1) is 0 Å². The Morgan fingerprint density at radius 3 is 2.56 bits per heavy atom. The topological polar surface area (TPSA) is 29.3 Å². The second-order valence-electron chi connectivity index (χ2n) is 5.19. The fourth-order valence-electron chi connectivity index (χ4n) is 2.72. The van der Waals surface area contributed by atoms with Crippen LogP contribution in [-0.4, -0.2) is 30.6 Å². The molecule has 1 atom stereocenters. The van der Waals surface area contributed by atoms with E-state index in [1.807, 2.05) is 0 Å². The molecule has 1 heterocycles. The molecule has 2 heteroatoms. The van der Waals surface area contributed by atoms with Crippen LogP contribution in [0.15, 0.2) is 0 Å². The Labute approximate surface area is 102 Å². The Morgan fingerprint density at radius 1 is 1.06 bits per heavy atom. The molecule has 0 bridgehead atoms. The van der Waals surface area contributed by atoms with Crippen molar-refractivity contribution in [2.75, 3.05) is 19.6 Å². The van der Waals surface area contributed by atoms with Crippen LogP contribution < -0.4 is 5.73 Å². The average Bonchev–Trinajstić information content (AvgIpc) is 2.34. The van der Waals surface area contributed by atoms with Crippen molar-refractivity contribution in [2.24, 2.45) is 5.73 Å². The first-order valence-electron chi connectivity index (χ1n) is 7.32. The van der Waals surface area contributed by atoms with Crippen molar-refractivity contribution < 1.29 is 0 Å². The van der Waals surface area contributed by atoms with Crippen molar-refractivity contribution >= 4 is 0 Å². The van der Waals surface area contributed by atoms with Gasteiger partial charge in [-0.1, -0.05) is 45.4 Å². The molecule has 0 spiro atoms. The standard InChI is InChI=1S/C14H30N2/c1-2-3-4-5-6-8-11-16-12-9-7-10-14(16)13-15/h14H,2-13,15H2,1H3. The number of rotatable bonds is 8. The SMILES string of the molecule is CCCCCCCCN1CCCCC1CN. The van der Waals surface area contributed by atoms with E-state index < -0.39 is 0 Å². The first kappa shape index (κ1) is 14.0. The van der Waals surface area contributed by atoms with Gasteiger partial charge in [-0.05, 0) is 32.4 Å². The summed E-state index contributed by atoms with van der Waals surface area (Å²) in [6.07, 6.45) is 12.5. The summed E-state index contributed by atoms with van der Waals surface area (Å²) in [7, 11) is 0. The summed E-state index contributed by atoms with van der Waals surface area (Å²) in [4.78, 5) is 2.63. The van der Waals surface area contributed by atoms with Gasteiger partial charge in [0.15, 0.2) is 0 Å². The van der Waals surface area contributed by atoms with Crippen LogP contribution >= 0.6 is 0 Å². The predicted octanol–water partition coefficient (Wildman–Crippen LogP) is 3.16. The summed E-state index contributed by atoms with van der Waals surface area (Å²) in [5.41, 5.74) is 5.82. The minimum Gasteiger partial charge on any atom is -0.329 e. The fraction of sp³-hybridized carbons (Fsp3) is 1.00. The minimum atomic E-state index is 0.685. The largest absolute Gasteiger partial charge is 0.329 e. The zero-order valence-corrected chi connectivity index (χ0v) is 11.1. The number of nitrogens with zero attached hydrogens (tertiary/aromatic N) is 1. The summed E-state index contributed by atoms with van der Waals surface area (Å²) >= 11 is 0. The number of likely N-dealkylation sites (tertiary alicyclic amines) is 1. The molecule has 2 nitrogen and oxygen atoms in total. The van der Waals surface area contributed by atoms with Crippen molar-refractivity contribution in [3.05, 3.63) is 0 Å². The van der Waals surface area contributed by atoms with E-state index in [4.69, 9.17) is 5.73 Å². The first-order chi connectivity index (χ1) is 7.88. The molecule has 0 saturated carbocycles. The Hall–Kier alpha value is -0.0800. The molecule has 1 saturated heterocycles. The van der Waals surface area contributed by atoms with E-state index in [1.165, 1.54) is 70.9 Å². The quantitative estimate of drug-likeness (QED) is 0.644. The third kappa shape index (κ3) is 5.31. The van der Waals surface area contributed by atoms with Gasteiger partial charge in [0.2, 0.25) is 0 Å². The second-order valence-corrected chi connectivity index (χ2v) is 5.19. The highest BCUT2D eigenvalue weighted by Gasteiger charge is 2.19. The third-order valence-electron chi connectivity index (χ3n) is 3.82. The van der Waals surface area contributed by atoms with Crippen LogP contribution in [0.2, 0.25) is 0 Å². The van der Waals surface area contributed by atoms with Crippen molar-refractivity contribution in [2.45, 2.75) is 70.8 Å². The lowest BCUT2D eigenvalue weighted by Crippen LogP contribution is -2.44. The lowest BCUT2D eigenvalue weighted by molar-refractivity contribution is 0.150. The molecule has 0 radical (unpaired) electrons. The van der Waals surface area contributed by atoms with Gasteiger partial charge in [-0.3, -0.25) is 4.90 Å². The monoisotopic (exact) mass is 226 g/mol. The van der Waals surface area contributed by atoms with E-state index in [0.717, 1.165) is 6.54 Å². The molecule has 1 rings (SSSR count). The third-order valence-corrected chi connectivity index (χ3v) is 3.82. The summed E-state index contributed by atoms with van der Waals surface area (Å²) in [5.74, 6) is 0. The minimum absolute atomic E-state index is 0.685. The van der Waals surface area contributed by atoms with Crippen LogP contribution in [0.25, 0.3) is 0 Å². The molecule has 96 valence electrons. The van der Waals surface area contributed by atoms with Crippen LogP contribution in [-0.2, 0) is 0 Å². The van der Waals surface area contributed by atoms with Crippen LogP contribution in [0.4, 0.5) is 0 Å². The van der Waals surface area contributed by atoms with E-state index in [2.05, 4.69) is 11.8 Å². The highest BCUT2D eigenvalue weighted by molar-refractivity contribution is 4.77. The number of nitrogens with two attached hydrogens (primary N) is 1. The summed E-state index contributed by atoms with van der Waals surface area (Å²) in [6, 6.07) is 0.685. The molecule has 1 unspecified atom stereocenters. The van der Waals surface area contributed by atoms with Crippen molar-refractivity contribution in [1.29, 1.82) is 0 Å². The summed E-state index contributed by atoms with van der Waals surface area (Å²) < 4.78 is 0. The first-order valence-corrected chi connectivity index (χ1v) is 7.32. The van der Waals surface area contributed by atoms with E-state index in [0.29, 0.717) is 6.04 Å². The van der Waals surface area contributed by atoms with Gasteiger partial charge in [0.1, 0.15) is 0 Å². The number of unbranched alkanes of at least 4 members (excludes halogenated alkanes) is 5. The van der Waals surface area contributed by atoms with Gasteiger partial charge in [-0.2, -0.15) is 0 Å². The Morgan fingerprint density at radius 2 is 1.81 bits per heavy atom. The van der Waals surface area contributed by atoms with Crippen molar-refractivity contribution in [1.82, 2.24) is 4.90 Å². The molecule has 0 amide bonds. The Bertz CT molecular complexity index is 159.